The van der Waals surface area contributed by atoms with Crippen LogP contribution < -0.4 is 4.74 Å². The van der Waals surface area contributed by atoms with E-state index in [-0.39, 0.29) is 6.61 Å². The summed E-state index contributed by atoms with van der Waals surface area (Å²) in [5.41, 5.74) is 4.43. The van der Waals surface area contributed by atoms with E-state index < -0.39 is 0 Å². The lowest BCUT2D eigenvalue weighted by Crippen LogP contribution is -1.97. The summed E-state index contributed by atoms with van der Waals surface area (Å²) in [6, 6.07) is 14.2. The molecule has 0 saturated carbocycles. The second-order valence-corrected chi connectivity index (χ2v) is 5.03. The largest absolute Gasteiger partial charge is 0.489 e. The first kappa shape index (κ1) is 15.2. The molecule has 0 saturated heterocycles. The molecule has 108 valence electrons. The normalized spacial score (nSPS) is 9.86. The van der Waals surface area contributed by atoms with Gasteiger partial charge in [0.25, 0.3) is 0 Å². The van der Waals surface area contributed by atoms with Crippen LogP contribution in [0.2, 0.25) is 0 Å². The maximum absolute atomic E-state index is 8.72. The van der Waals surface area contributed by atoms with E-state index in [1.807, 2.05) is 25.1 Å². The van der Waals surface area contributed by atoms with Gasteiger partial charge in [-0.1, -0.05) is 41.7 Å². The van der Waals surface area contributed by atoms with E-state index >= 15 is 0 Å². The zero-order chi connectivity index (χ0) is 15.1. The molecule has 0 bridgehead atoms. The van der Waals surface area contributed by atoms with Crippen molar-refractivity contribution in [1.82, 2.24) is 0 Å². The van der Waals surface area contributed by atoms with Crippen LogP contribution in [0.1, 0.15) is 28.7 Å². The molecule has 2 rings (SSSR count). The third-order valence-corrected chi connectivity index (χ3v) is 3.16. The summed E-state index contributed by atoms with van der Waals surface area (Å²) >= 11 is 0. The number of rotatable bonds is 4. The molecule has 0 spiro atoms. The van der Waals surface area contributed by atoms with Crippen molar-refractivity contribution in [3.63, 3.8) is 0 Å². The van der Waals surface area contributed by atoms with Crippen molar-refractivity contribution in [2.45, 2.75) is 26.9 Å². The van der Waals surface area contributed by atoms with E-state index in [1.54, 1.807) is 0 Å². The van der Waals surface area contributed by atoms with E-state index in [0.29, 0.717) is 13.0 Å². The Morgan fingerprint density at radius 3 is 2.48 bits per heavy atom. The fourth-order valence-corrected chi connectivity index (χ4v) is 1.95. The van der Waals surface area contributed by atoms with Crippen molar-refractivity contribution in [2.75, 3.05) is 6.61 Å². The second-order valence-electron chi connectivity index (χ2n) is 5.03. The summed E-state index contributed by atoms with van der Waals surface area (Å²) in [5.74, 6) is 6.83. The molecule has 0 amide bonds. The van der Waals surface area contributed by atoms with Crippen LogP contribution in [0.15, 0.2) is 42.5 Å². The van der Waals surface area contributed by atoms with E-state index in [0.717, 1.165) is 22.4 Å². The van der Waals surface area contributed by atoms with Crippen LogP contribution in [-0.2, 0) is 6.61 Å². The van der Waals surface area contributed by atoms with Gasteiger partial charge in [0.2, 0.25) is 0 Å². The molecule has 2 nitrogen and oxygen atoms in total. The molecule has 0 heterocycles. The molecule has 2 aromatic carbocycles. The lowest BCUT2D eigenvalue weighted by molar-refractivity contribution is 0.304. The maximum atomic E-state index is 8.72. The predicted molar refractivity (Wildman–Crippen MR) is 85.3 cm³/mol. The summed E-state index contributed by atoms with van der Waals surface area (Å²) in [4.78, 5) is 0. The van der Waals surface area contributed by atoms with Crippen LogP contribution in [0.3, 0.4) is 0 Å². The minimum atomic E-state index is 0.101. The van der Waals surface area contributed by atoms with Gasteiger partial charge in [0.15, 0.2) is 0 Å². The Bertz CT molecular complexity index is 646. The molecule has 0 fully saturated rings. The van der Waals surface area contributed by atoms with Crippen molar-refractivity contribution in [2.24, 2.45) is 0 Å². The highest BCUT2D eigenvalue weighted by Gasteiger charge is 2.01. The van der Waals surface area contributed by atoms with Crippen molar-refractivity contribution in [3.8, 4) is 17.6 Å². The molecule has 1 N–H and O–H groups in total. The summed E-state index contributed by atoms with van der Waals surface area (Å²) in [5, 5.41) is 8.72. The van der Waals surface area contributed by atoms with E-state index in [9.17, 15) is 0 Å². The Labute approximate surface area is 126 Å². The average Bonchev–Trinajstić information content (AvgIpc) is 2.48. The fourth-order valence-electron chi connectivity index (χ4n) is 1.95. The minimum absolute atomic E-state index is 0.101. The first-order valence-corrected chi connectivity index (χ1v) is 7.08. The van der Waals surface area contributed by atoms with E-state index in [1.165, 1.54) is 5.56 Å². The van der Waals surface area contributed by atoms with Crippen LogP contribution in [0.5, 0.6) is 5.75 Å². The Balaban J connectivity index is 2.01. The van der Waals surface area contributed by atoms with E-state index in [2.05, 4.69) is 43.0 Å². The minimum Gasteiger partial charge on any atom is -0.489 e. The van der Waals surface area contributed by atoms with Crippen molar-refractivity contribution < 1.29 is 9.84 Å². The lowest BCUT2D eigenvalue weighted by atomic mass is 10.1. The number of aliphatic hydroxyl groups is 1. The fraction of sp³-hybridized carbons (Fsp3) is 0.263. The van der Waals surface area contributed by atoms with Gasteiger partial charge in [0.05, 0.1) is 6.61 Å². The van der Waals surface area contributed by atoms with Crippen LogP contribution >= 0.6 is 0 Å². The van der Waals surface area contributed by atoms with Crippen LogP contribution in [-0.4, -0.2) is 11.7 Å². The first-order chi connectivity index (χ1) is 10.2. The smallest absolute Gasteiger partial charge is 0.122 e. The molecule has 0 radical (unpaired) electrons. The summed E-state index contributed by atoms with van der Waals surface area (Å²) in [7, 11) is 0. The standard InChI is InChI=1S/C19H20O2/c1-15-6-8-18(9-7-15)14-21-19-11-10-17(13-16(19)2)5-3-4-12-20/h6-11,13,20H,4,12,14H2,1-2H3. The van der Waals surface area contributed by atoms with Crippen LogP contribution in [0.25, 0.3) is 0 Å². The van der Waals surface area contributed by atoms with Gasteiger partial charge in [-0.2, -0.15) is 0 Å². The summed E-state index contributed by atoms with van der Waals surface area (Å²) < 4.78 is 5.86. The van der Waals surface area contributed by atoms with Crippen LogP contribution in [0.4, 0.5) is 0 Å². The summed E-state index contributed by atoms with van der Waals surface area (Å²) in [6.45, 7) is 4.76. The highest BCUT2D eigenvalue weighted by molar-refractivity contribution is 5.43. The third-order valence-electron chi connectivity index (χ3n) is 3.16. The molecular formula is C19H20O2. The Kier molecular flexibility index (Phi) is 5.43. The summed E-state index contributed by atoms with van der Waals surface area (Å²) in [6.07, 6.45) is 0.505. The van der Waals surface area contributed by atoms with Gasteiger partial charge in [-0.25, -0.2) is 0 Å². The number of ether oxygens (including phenoxy) is 1. The van der Waals surface area contributed by atoms with Gasteiger partial charge in [-0.15, -0.1) is 0 Å². The maximum Gasteiger partial charge on any atom is 0.122 e. The Hall–Kier alpha value is -2.24. The molecule has 21 heavy (non-hydrogen) atoms. The van der Waals surface area contributed by atoms with Crippen molar-refractivity contribution in [3.05, 3.63) is 64.7 Å². The Morgan fingerprint density at radius 2 is 1.81 bits per heavy atom. The monoisotopic (exact) mass is 280 g/mol. The predicted octanol–water partition coefficient (Wildman–Crippen LogP) is 3.62. The highest BCUT2D eigenvalue weighted by atomic mass is 16.5. The molecule has 0 aliphatic heterocycles. The third kappa shape index (κ3) is 4.66. The molecule has 2 aromatic rings. The zero-order valence-corrected chi connectivity index (χ0v) is 12.5. The number of hydrogen-bond donors (Lipinski definition) is 1. The van der Waals surface area contributed by atoms with Gasteiger partial charge in [0.1, 0.15) is 12.4 Å². The molecule has 0 unspecified atom stereocenters. The molecule has 0 aromatic heterocycles. The van der Waals surface area contributed by atoms with Gasteiger partial charge < -0.3 is 9.84 Å². The topological polar surface area (TPSA) is 29.5 Å². The molecule has 0 aliphatic rings. The van der Waals surface area contributed by atoms with E-state index in [4.69, 9.17) is 9.84 Å². The van der Waals surface area contributed by atoms with Gasteiger partial charge >= 0.3 is 0 Å². The Morgan fingerprint density at radius 1 is 1.05 bits per heavy atom. The zero-order valence-electron chi connectivity index (χ0n) is 12.5. The first-order valence-electron chi connectivity index (χ1n) is 7.08. The van der Waals surface area contributed by atoms with Gasteiger partial charge in [-0.05, 0) is 43.2 Å². The molecule has 2 heteroatoms. The molecule has 0 aliphatic carbocycles. The molecule has 0 atom stereocenters. The number of hydrogen-bond acceptors (Lipinski definition) is 2. The number of aryl methyl sites for hydroxylation is 2. The van der Waals surface area contributed by atoms with Gasteiger partial charge in [-0.3, -0.25) is 0 Å². The molecular weight excluding hydrogens is 260 g/mol. The van der Waals surface area contributed by atoms with Crippen LogP contribution in [0, 0.1) is 25.7 Å². The number of aliphatic hydroxyl groups excluding tert-OH is 1. The quantitative estimate of drug-likeness (QED) is 0.867. The second kappa shape index (κ2) is 7.52. The lowest BCUT2D eigenvalue weighted by Gasteiger charge is -2.09. The van der Waals surface area contributed by atoms with Crippen molar-refractivity contribution in [1.29, 1.82) is 0 Å². The number of benzene rings is 2. The van der Waals surface area contributed by atoms with Gasteiger partial charge in [0, 0.05) is 12.0 Å². The highest BCUT2D eigenvalue weighted by Crippen LogP contribution is 2.20. The average molecular weight is 280 g/mol. The van der Waals surface area contributed by atoms with Crippen molar-refractivity contribution >= 4 is 0 Å². The SMILES string of the molecule is Cc1ccc(COc2ccc(C#CCCO)cc2C)cc1.